The molecule has 0 bridgehead atoms. The Hall–Kier alpha value is -1.88. The van der Waals surface area contributed by atoms with Gasteiger partial charge in [0.15, 0.2) is 0 Å². The lowest BCUT2D eigenvalue weighted by molar-refractivity contribution is -0.119. The first kappa shape index (κ1) is 13.5. The van der Waals surface area contributed by atoms with Crippen molar-refractivity contribution in [3.63, 3.8) is 0 Å². The second-order valence-corrected chi connectivity index (χ2v) is 4.48. The van der Waals surface area contributed by atoms with Crippen LogP contribution in [0.15, 0.2) is 24.3 Å². The third kappa shape index (κ3) is 3.12. The van der Waals surface area contributed by atoms with Gasteiger partial charge in [0, 0.05) is 19.0 Å². The number of hydrogen-bond donors (Lipinski definition) is 1. The summed E-state index contributed by atoms with van der Waals surface area (Å²) >= 11 is 5.92. The molecule has 1 heterocycles. The highest BCUT2D eigenvalue weighted by molar-refractivity contribution is 6.28. The van der Waals surface area contributed by atoms with Gasteiger partial charge in [0.25, 0.3) is 0 Å². The van der Waals surface area contributed by atoms with Crippen LogP contribution in [0, 0.1) is 0 Å². The van der Waals surface area contributed by atoms with Gasteiger partial charge >= 0.3 is 0 Å². The van der Waals surface area contributed by atoms with Crippen LogP contribution < -0.4 is 10.2 Å². The Bertz CT molecular complexity index is 602. The van der Waals surface area contributed by atoms with E-state index in [1.54, 1.807) is 11.9 Å². The fourth-order valence-corrected chi connectivity index (χ4v) is 2.04. The molecular formula is C13H15ClN4O. The summed E-state index contributed by atoms with van der Waals surface area (Å²) in [5.41, 5.74) is 0.764. The number of nitrogens with zero attached hydrogens (tertiary/aromatic N) is 3. The van der Waals surface area contributed by atoms with E-state index < -0.39 is 0 Å². The number of aromatic nitrogens is 2. The first-order chi connectivity index (χ1) is 9.11. The van der Waals surface area contributed by atoms with Crippen LogP contribution in [0.5, 0.6) is 0 Å². The smallest absolute Gasteiger partial charge is 0.239 e. The molecule has 0 aliphatic rings. The van der Waals surface area contributed by atoms with Crippen molar-refractivity contribution in [2.45, 2.75) is 6.92 Å². The summed E-state index contributed by atoms with van der Waals surface area (Å²) in [5.74, 6) is 0.602. The zero-order valence-corrected chi connectivity index (χ0v) is 11.6. The highest BCUT2D eigenvalue weighted by Crippen LogP contribution is 2.24. The van der Waals surface area contributed by atoms with Crippen molar-refractivity contribution < 1.29 is 4.79 Å². The second kappa shape index (κ2) is 5.84. The third-order valence-corrected chi connectivity index (χ3v) is 2.84. The van der Waals surface area contributed by atoms with E-state index in [-0.39, 0.29) is 17.7 Å². The molecule has 1 N–H and O–H groups in total. The van der Waals surface area contributed by atoms with Crippen LogP contribution in [0.3, 0.4) is 0 Å². The Morgan fingerprint density at radius 1 is 1.37 bits per heavy atom. The molecule has 2 aromatic rings. The molecule has 2 rings (SSSR count). The number of carbonyl (C=O) groups excluding carboxylic acids is 1. The van der Waals surface area contributed by atoms with Crippen LogP contribution in [-0.2, 0) is 4.79 Å². The molecule has 0 saturated carbocycles. The van der Waals surface area contributed by atoms with Crippen LogP contribution in [0.4, 0.5) is 5.82 Å². The normalized spacial score (nSPS) is 10.5. The van der Waals surface area contributed by atoms with Gasteiger partial charge in [-0.15, -0.1) is 0 Å². The van der Waals surface area contributed by atoms with Gasteiger partial charge in [-0.1, -0.05) is 12.1 Å². The van der Waals surface area contributed by atoms with Gasteiger partial charge in [-0.3, -0.25) is 4.79 Å². The van der Waals surface area contributed by atoms with Gasteiger partial charge in [0.2, 0.25) is 11.2 Å². The number of halogens is 1. The average Bonchev–Trinajstić information content (AvgIpc) is 2.37. The molecule has 0 atom stereocenters. The lowest BCUT2D eigenvalue weighted by Crippen LogP contribution is -2.35. The number of likely N-dealkylation sites (N-methyl/N-ethyl adjacent to an activating group) is 2. The first-order valence-corrected chi connectivity index (χ1v) is 6.39. The summed E-state index contributed by atoms with van der Waals surface area (Å²) in [6.45, 7) is 2.72. The number of carbonyl (C=O) groups is 1. The van der Waals surface area contributed by atoms with E-state index in [0.29, 0.717) is 12.4 Å². The number of anilines is 1. The van der Waals surface area contributed by atoms with Gasteiger partial charge < -0.3 is 10.2 Å². The van der Waals surface area contributed by atoms with Crippen LogP contribution in [-0.4, -0.2) is 36.0 Å². The van der Waals surface area contributed by atoms with Crippen molar-refractivity contribution in [3.8, 4) is 0 Å². The molecule has 1 aromatic carbocycles. The molecule has 0 spiro atoms. The number of benzene rings is 1. The lowest BCUT2D eigenvalue weighted by Gasteiger charge is -2.19. The quantitative estimate of drug-likeness (QED) is 0.867. The van der Waals surface area contributed by atoms with E-state index in [0.717, 1.165) is 10.9 Å². The number of rotatable bonds is 4. The number of para-hydroxylation sites is 1. The molecule has 1 amide bonds. The molecular weight excluding hydrogens is 264 g/mol. The van der Waals surface area contributed by atoms with E-state index in [2.05, 4.69) is 15.3 Å². The molecule has 0 radical (unpaired) electrons. The van der Waals surface area contributed by atoms with E-state index >= 15 is 0 Å². The molecule has 1 aromatic heterocycles. The lowest BCUT2D eigenvalue weighted by atomic mass is 10.2. The van der Waals surface area contributed by atoms with Crippen molar-refractivity contribution in [1.29, 1.82) is 0 Å². The zero-order valence-electron chi connectivity index (χ0n) is 10.9. The Morgan fingerprint density at radius 3 is 2.84 bits per heavy atom. The van der Waals surface area contributed by atoms with E-state index in [9.17, 15) is 4.79 Å². The van der Waals surface area contributed by atoms with Gasteiger partial charge in [-0.25, -0.2) is 4.98 Å². The standard InChI is InChI=1S/C13H15ClN4O/c1-3-15-11(19)8-18(2)12-9-6-4-5-7-10(9)16-13(14)17-12/h4-7H,3,8H2,1-2H3,(H,15,19). The Balaban J connectivity index is 2.35. The van der Waals surface area contributed by atoms with Crippen molar-refractivity contribution in [1.82, 2.24) is 15.3 Å². The Morgan fingerprint density at radius 2 is 2.11 bits per heavy atom. The van der Waals surface area contributed by atoms with E-state index in [1.807, 2.05) is 31.2 Å². The number of nitrogens with one attached hydrogen (secondary N) is 1. The zero-order chi connectivity index (χ0) is 13.8. The molecule has 0 aliphatic heterocycles. The highest BCUT2D eigenvalue weighted by Gasteiger charge is 2.13. The maximum Gasteiger partial charge on any atom is 0.239 e. The van der Waals surface area contributed by atoms with Crippen LogP contribution >= 0.6 is 11.6 Å². The summed E-state index contributed by atoms with van der Waals surface area (Å²) in [6, 6.07) is 7.57. The minimum absolute atomic E-state index is 0.0520. The first-order valence-electron chi connectivity index (χ1n) is 6.02. The SMILES string of the molecule is CCNC(=O)CN(C)c1nc(Cl)nc2ccccc12. The predicted molar refractivity (Wildman–Crippen MR) is 76.5 cm³/mol. The Kier molecular flexibility index (Phi) is 4.16. The Labute approximate surface area is 116 Å². The van der Waals surface area contributed by atoms with Crippen molar-refractivity contribution in [2.75, 3.05) is 25.0 Å². The predicted octanol–water partition coefficient (Wildman–Crippen LogP) is 1.86. The van der Waals surface area contributed by atoms with Crippen molar-refractivity contribution in [2.24, 2.45) is 0 Å². The highest BCUT2D eigenvalue weighted by atomic mass is 35.5. The largest absolute Gasteiger partial charge is 0.355 e. The van der Waals surface area contributed by atoms with E-state index in [4.69, 9.17) is 11.6 Å². The summed E-state index contributed by atoms with van der Waals surface area (Å²) in [7, 11) is 1.81. The molecule has 100 valence electrons. The number of amides is 1. The molecule has 5 nitrogen and oxygen atoms in total. The summed E-state index contributed by atoms with van der Waals surface area (Å²) < 4.78 is 0. The van der Waals surface area contributed by atoms with Gasteiger partial charge in [-0.05, 0) is 30.7 Å². The molecule has 0 aliphatic carbocycles. The maximum absolute atomic E-state index is 11.6. The minimum Gasteiger partial charge on any atom is -0.355 e. The molecule has 0 saturated heterocycles. The average molecular weight is 279 g/mol. The maximum atomic E-state index is 11.6. The second-order valence-electron chi connectivity index (χ2n) is 4.14. The molecule has 6 heteroatoms. The number of hydrogen-bond acceptors (Lipinski definition) is 4. The summed E-state index contributed by atoms with van der Waals surface area (Å²) in [6.07, 6.45) is 0. The molecule has 19 heavy (non-hydrogen) atoms. The fourth-order valence-electron chi connectivity index (χ4n) is 1.87. The van der Waals surface area contributed by atoms with Gasteiger partial charge in [-0.2, -0.15) is 4.98 Å². The fraction of sp³-hybridized carbons (Fsp3) is 0.308. The van der Waals surface area contributed by atoms with Gasteiger partial charge in [0.05, 0.1) is 12.1 Å². The minimum atomic E-state index is -0.0520. The number of fused-ring (bicyclic) bond motifs is 1. The van der Waals surface area contributed by atoms with Crippen LogP contribution in [0.2, 0.25) is 5.28 Å². The summed E-state index contributed by atoms with van der Waals surface area (Å²) in [5, 5.41) is 3.80. The van der Waals surface area contributed by atoms with Crippen molar-refractivity contribution in [3.05, 3.63) is 29.5 Å². The third-order valence-electron chi connectivity index (χ3n) is 2.67. The molecule has 0 fully saturated rings. The topological polar surface area (TPSA) is 58.1 Å². The molecule has 0 unspecified atom stereocenters. The van der Waals surface area contributed by atoms with Gasteiger partial charge in [0.1, 0.15) is 5.82 Å². The summed E-state index contributed by atoms with van der Waals surface area (Å²) in [4.78, 5) is 21.8. The van der Waals surface area contributed by atoms with Crippen molar-refractivity contribution >= 4 is 34.2 Å². The van der Waals surface area contributed by atoms with E-state index in [1.165, 1.54) is 0 Å². The monoisotopic (exact) mass is 278 g/mol. The van der Waals surface area contributed by atoms with Crippen LogP contribution in [0.1, 0.15) is 6.92 Å². The van der Waals surface area contributed by atoms with Crippen LogP contribution in [0.25, 0.3) is 10.9 Å².